The van der Waals surface area contributed by atoms with Crippen molar-refractivity contribution in [3.8, 4) is 17.2 Å². The van der Waals surface area contributed by atoms with Crippen LogP contribution in [0.5, 0.6) is 17.2 Å². The molecule has 4 aromatic rings. The second-order valence-corrected chi connectivity index (χ2v) is 7.79. The molecule has 1 heterocycles. The Balaban J connectivity index is 1.55. The number of para-hydroxylation sites is 1. The molecule has 1 amide bonds. The summed E-state index contributed by atoms with van der Waals surface area (Å²) in [6.45, 7) is 0.473. The maximum atomic E-state index is 12.8. The molecule has 0 aliphatic heterocycles. The lowest BCUT2D eigenvalue weighted by Gasteiger charge is -2.19. The van der Waals surface area contributed by atoms with Crippen LogP contribution in [0.4, 0.5) is 0 Å². The third kappa shape index (κ3) is 4.95. The first kappa shape index (κ1) is 22.3. The van der Waals surface area contributed by atoms with E-state index >= 15 is 0 Å². The summed E-state index contributed by atoms with van der Waals surface area (Å²) >= 11 is 0. The molecule has 0 spiro atoms. The molecule has 0 aliphatic carbocycles. The Labute approximate surface area is 193 Å². The number of methoxy groups -OCH3 is 3. The van der Waals surface area contributed by atoms with Crippen molar-refractivity contribution in [1.29, 1.82) is 0 Å². The molecule has 6 heteroatoms. The number of nitrogens with one attached hydrogen (secondary N) is 2. The Bertz CT molecular complexity index is 1230. The second kappa shape index (κ2) is 10.1. The molecule has 0 saturated heterocycles. The van der Waals surface area contributed by atoms with Gasteiger partial charge in [0.2, 0.25) is 5.91 Å². The van der Waals surface area contributed by atoms with E-state index in [1.807, 2.05) is 60.8 Å². The number of hydrogen-bond donors (Lipinski definition) is 2. The van der Waals surface area contributed by atoms with Gasteiger partial charge < -0.3 is 24.5 Å². The fourth-order valence-corrected chi connectivity index (χ4v) is 4.08. The van der Waals surface area contributed by atoms with E-state index in [1.54, 1.807) is 21.3 Å². The van der Waals surface area contributed by atoms with Crippen LogP contribution < -0.4 is 19.5 Å². The molecule has 3 aromatic carbocycles. The molecule has 4 rings (SSSR count). The number of ether oxygens (including phenoxy) is 3. The van der Waals surface area contributed by atoms with E-state index < -0.39 is 0 Å². The first-order valence-electron chi connectivity index (χ1n) is 10.8. The van der Waals surface area contributed by atoms with E-state index in [0.717, 1.165) is 33.3 Å². The lowest BCUT2D eigenvalue weighted by Crippen LogP contribution is -2.30. The number of aromatic nitrogens is 1. The second-order valence-electron chi connectivity index (χ2n) is 7.79. The zero-order chi connectivity index (χ0) is 23.2. The largest absolute Gasteiger partial charge is 0.497 e. The number of carbonyl (C=O) groups excluding carboxylic acids is 1. The van der Waals surface area contributed by atoms with Gasteiger partial charge in [0.1, 0.15) is 5.75 Å². The molecule has 0 saturated carbocycles. The van der Waals surface area contributed by atoms with Crippen molar-refractivity contribution in [2.24, 2.45) is 0 Å². The average molecular weight is 445 g/mol. The van der Waals surface area contributed by atoms with Crippen LogP contribution in [0.15, 0.2) is 72.9 Å². The summed E-state index contributed by atoms with van der Waals surface area (Å²) in [4.78, 5) is 16.2. The van der Waals surface area contributed by atoms with Crippen LogP contribution in [0, 0.1) is 0 Å². The molecule has 0 aliphatic rings. The summed E-state index contributed by atoms with van der Waals surface area (Å²) in [6.07, 6.45) is 2.28. The molecule has 1 atom stereocenters. The Morgan fingerprint density at radius 1 is 0.909 bits per heavy atom. The summed E-state index contributed by atoms with van der Waals surface area (Å²) in [6, 6.07) is 21.7. The predicted molar refractivity (Wildman–Crippen MR) is 129 cm³/mol. The van der Waals surface area contributed by atoms with E-state index in [0.29, 0.717) is 18.0 Å². The predicted octanol–water partition coefficient (Wildman–Crippen LogP) is 4.68. The third-order valence-corrected chi connectivity index (χ3v) is 5.83. The van der Waals surface area contributed by atoms with Crippen molar-refractivity contribution < 1.29 is 19.0 Å². The van der Waals surface area contributed by atoms with Gasteiger partial charge in [-0.3, -0.25) is 4.79 Å². The van der Waals surface area contributed by atoms with Crippen molar-refractivity contribution in [2.75, 3.05) is 27.9 Å². The number of H-pyrrole nitrogens is 1. The zero-order valence-electron chi connectivity index (χ0n) is 19.1. The number of fused-ring (bicyclic) bond motifs is 1. The Morgan fingerprint density at radius 3 is 2.39 bits per heavy atom. The van der Waals surface area contributed by atoms with Crippen LogP contribution in [-0.4, -0.2) is 38.8 Å². The van der Waals surface area contributed by atoms with Crippen LogP contribution in [0.1, 0.15) is 22.6 Å². The third-order valence-electron chi connectivity index (χ3n) is 5.83. The number of benzene rings is 3. The minimum absolute atomic E-state index is 0.0126. The Kier molecular flexibility index (Phi) is 6.83. The smallest absolute Gasteiger partial charge is 0.224 e. The number of carbonyl (C=O) groups is 1. The van der Waals surface area contributed by atoms with Gasteiger partial charge in [-0.2, -0.15) is 0 Å². The van der Waals surface area contributed by atoms with Crippen LogP contribution in [0.25, 0.3) is 10.9 Å². The summed E-state index contributed by atoms with van der Waals surface area (Å²) < 4.78 is 15.9. The standard InChI is InChI=1S/C27H28N2O4/c1-31-20-11-9-19(10-12-20)22(23-17-28-24-7-5-4-6-21(23)24)16-29-27(30)15-18-8-13-25(32-2)26(14-18)33-3/h4-14,17,22,28H,15-16H2,1-3H3,(H,29,30)/t22-/m0/s1. The molecule has 170 valence electrons. The van der Waals surface area contributed by atoms with Crippen molar-refractivity contribution in [3.05, 3.63) is 89.6 Å². The van der Waals surface area contributed by atoms with Crippen molar-refractivity contribution in [2.45, 2.75) is 12.3 Å². The fourth-order valence-electron chi connectivity index (χ4n) is 4.08. The van der Waals surface area contributed by atoms with Gasteiger partial charge in [-0.05, 0) is 47.0 Å². The number of rotatable bonds is 9. The molecular formula is C27H28N2O4. The van der Waals surface area contributed by atoms with Gasteiger partial charge in [-0.1, -0.05) is 36.4 Å². The van der Waals surface area contributed by atoms with Gasteiger partial charge in [0.15, 0.2) is 11.5 Å². The van der Waals surface area contributed by atoms with Gasteiger partial charge in [0.05, 0.1) is 27.8 Å². The molecule has 0 radical (unpaired) electrons. The maximum Gasteiger partial charge on any atom is 0.224 e. The molecular weight excluding hydrogens is 416 g/mol. The molecule has 0 unspecified atom stereocenters. The summed E-state index contributed by atoms with van der Waals surface area (Å²) in [5.41, 5.74) is 4.18. The van der Waals surface area contributed by atoms with Crippen LogP contribution in [-0.2, 0) is 11.2 Å². The van der Waals surface area contributed by atoms with E-state index in [-0.39, 0.29) is 18.2 Å². The van der Waals surface area contributed by atoms with Gasteiger partial charge in [-0.25, -0.2) is 0 Å². The molecule has 6 nitrogen and oxygen atoms in total. The van der Waals surface area contributed by atoms with E-state index in [9.17, 15) is 4.79 Å². The minimum Gasteiger partial charge on any atom is -0.497 e. The topological polar surface area (TPSA) is 72.6 Å². The molecule has 1 aromatic heterocycles. The number of amides is 1. The van der Waals surface area contributed by atoms with Gasteiger partial charge >= 0.3 is 0 Å². The van der Waals surface area contributed by atoms with E-state index in [1.165, 1.54) is 0 Å². The average Bonchev–Trinajstić information content (AvgIpc) is 3.28. The summed E-state index contributed by atoms with van der Waals surface area (Å²) in [5, 5.41) is 4.27. The van der Waals surface area contributed by atoms with Crippen molar-refractivity contribution in [3.63, 3.8) is 0 Å². The number of hydrogen-bond acceptors (Lipinski definition) is 4. The normalized spacial score (nSPS) is 11.7. The van der Waals surface area contributed by atoms with E-state index in [4.69, 9.17) is 14.2 Å². The van der Waals surface area contributed by atoms with Gasteiger partial charge in [0, 0.05) is 29.6 Å². The van der Waals surface area contributed by atoms with Crippen LogP contribution >= 0.6 is 0 Å². The molecule has 0 fully saturated rings. The Hall–Kier alpha value is -3.93. The first-order chi connectivity index (χ1) is 16.1. The summed E-state index contributed by atoms with van der Waals surface area (Å²) in [5.74, 6) is 1.98. The monoisotopic (exact) mass is 444 g/mol. The van der Waals surface area contributed by atoms with Gasteiger partial charge in [-0.15, -0.1) is 0 Å². The highest BCUT2D eigenvalue weighted by Gasteiger charge is 2.19. The summed E-state index contributed by atoms with van der Waals surface area (Å²) in [7, 11) is 4.83. The van der Waals surface area contributed by atoms with E-state index in [2.05, 4.69) is 22.4 Å². The van der Waals surface area contributed by atoms with Gasteiger partial charge in [0.25, 0.3) is 0 Å². The molecule has 0 bridgehead atoms. The van der Waals surface area contributed by atoms with Crippen molar-refractivity contribution >= 4 is 16.8 Å². The Morgan fingerprint density at radius 2 is 1.67 bits per heavy atom. The maximum absolute atomic E-state index is 12.8. The first-order valence-corrected chi connectivity index (χ1v) is 10.8. The SMILES string of the molecule is COc1ccc([C@H](CNC(=O)Cc2ccc(OC)c(OC)c2)c2c[nH]c3ccccc23)cc1. The molecule has 33 heavy (non-hydrogen) atoms. The van der Waals surface area contributed by atoms with Crippen molar-refractivity contribution in [1.82, 2.24) is 10.3 Å². The highest BCUT2D eigenvalue weighted by Crippen LogP contribution is 2.32. The quantitative estimate of drug-likeness (QED) is 0.393. The lowest BCUT2D eigenvalue weighted by molar-refractivity contribution is -0.120. The van der Waals surface area contributed by atoms with Crippen LogP contribution in [0.3, 0.4) is 0 Å². The highest BCUT2D eigenvalue weighted by atomic mass is 16.5. The molecule has 2 N–H and O–H groups in total. The van der Waals surface area contributed by atoms with Crippen LogP contribution in [0.2, 0.25) is 0 Å². The minimum atomic E-state index is -0.0550. The zero-order valence-corrected chi connectivity index (χ0v) is 19.1. The highest BCUT2D eigenvalue weighted by molar-refractivity contribution is 5.84. The number of aromatic amines is 1. The fraction of sp³-hybridized carbons (Fsp3) is 0.222. The lowest BCUT2D eigenvalue weighted by atomic mass is 9.90.